The molecule has 0 aliphatic carbocycles. The molecular weight excluding hydrogens is 454 g/mol. The number of carbonyl (C=O) groups is 1. The van der Waals surface area contributed by atoms with E-state index in [1.807, 2.05) is 0 Å². The Morgan fingerprint density at radius 3 is 2.06 bits per heavy atom. The van der Waals surface area contributed by atoms with Gasteiger partial charge in [-0.05, 0) is 24.3 Å². The molecular formula is C21H27N3O8S. The number of hydrogen-bond donors (Lipinski definition) is 1. The minimum atomic E-state index is -4.04. The van der Waals surface area contributed by atoms with E-state index in [2.05, 4.69) is 10.5 Å². The maximum Gasteiger partial charge on any atom is 0.255 e. The summed E-state index contributed by atoms with van der Waals surface area (Å²) in [5.74, 6) is 1.07. The number of rotatable bonds is 11. The first-order valence-corrected chi connectivity index (χ1v) is 11.0. The van der Waals surface area contributed by atoms with E-state index in [0.717, 1.165) is 4.31 Å². The fourth-order valence-electron chi connectivity index (χ4n) is 2.83. The fraction of sp³-hybridized carbons (Fsp3) is 0.333. The minimum absolute atomic E-state index is 0.124. The van der Waals surface area contributed by atoms with Gasteiger partial charge in [-0.1, -0.05) is 0 Å². The molecule has 1 amide bonds. The Bertz CT molecular complexity index is 1090. The van der Waals surface area contributed by atoms with Gasteiger partial charge in [-0.3, -0.25) is 4.79 Å². The molecule has 2 aromatic carbocycles. The molecule has 0 aliphatic heterocycles. The topological polar surface area (TPSA) is 125 Å². The molecule has 0 fully saturated rings. The van der Waals surface area contributed by atoms with Crippen LogP contribution in [-0.2, 0) is 14.8 Å². The molecule has 0 radical (unpaired) electrons. The predicted octanol–water partition coefficient (Wildman–Crippen LogP) is 1.50. The lowest BCUT2D eigenvalue weighted by atomic mass is 10.2. The van der Waals surface area contributed by atoms with Gasteiger partial charge in [-0.15, -0.1) is 0 Å². The first-order chi connectivity index (χ1) is 15.7. The van der Waals surface area contributed by atoms with E-state index in [-0.39, 0.29) is 10.6 Å². The summed E-state index contributed by atoms with van der Waals surface area (Å²) in [5.41, 5.74) is 2.86. The highest BCUT2D eigenvalue weighted by Gasteiger charge is 2.27. The predicted molar refractivity (Wildman–Crippen MR) is 121 cm³/mol. The summed E-state index contributed by atoms with van der Waals surface area (Å²) in [5, 5.41) is 3.87. The zero-order chi connectivity index (χ0) is 24.6. The monoisotopic (exact) mass is 481 g/mol. The molecule has 11 nitrogen and oxygen atoms in total. The smallest absolute Gasteiger partial charge is 0.255 e. The first kappa shape index (κ1) is 25.7. The molecule has 0 saturated carbocycles. The van der Waals surface area contributed by atoms with Crippen molar-refractivity contribution in [3.05, 3.63) is 35.9 Å². The van der Waals surface area contributed by atoms with Crippen molar-refractivity contribution in [1.29, 1.82) is 0 Å². The van der Waals surface area contributed by atoms with Crippen LogP contribution in [0.15, 0.2) is 40.3 Å². The molecule has 0 bridgehead atoms. The van der Waals surface area contributed by atoms with Crippen LogP contribution in [0, 0.1) is 0 Å². The maximum absolute atomic E-state index is 12.9. The molecule has 0 aromatic heterocycles. The largest absolute Gasteiger partial charge is 0.497 e. The molecule has 2 rings (SSSR count). The average Bonchev–Trinajstić information content (AvgIpc) is 2.82. The van der Waals surface area contributed by atoms with Crippen LogP contribution < -0.4 is 29.1 Å². The quantitative estimate of drug-likeness (QED) is 0.378. The van der Waals surface area contributed by atoms with Crippen LogP contribution in [0.2, 0.25) is 0 Å². The number of benzene rings is 2. The van der Waals surface area contributed by atoms with Crippen LogP contribution in [-0.4, -0.2) is 74.0 Å². The van der Waals surface area contributed by atoms with Gasteiger partial charge in [-0.25, -0.2) is 13.8 Å². The zero-order valence-corrected chi connectivity index (χ0v) is 20.1. The molecule has 0 aliphatic rings. The number of hydrazone groups is 1. The molecule has 1 N–H and O–H groups in total. The number of nitrogens with one attached hydrogen (secondary N) is 1. The van der Waals surface area contributed by atoms with Crippen molar-refractivity contribution < 1.29 is 36.9 Å². The Balaban J connectivity index is 2.13. The van der Waals surface area contributed by atoms with Crippen LogP contribution in [0.5, 0.6) is 28.7 Å². The Labute approximate surface area is 192 Å². The molecule has 2 aromatic rings. The van der Waals surface area contributed by atoms with Crippen molar-refractivity contribution in [3.63, 3.8) is 0 Å². The number of amides is 1. The molecule has 0 heterocycles. The van der Waals surface area contributed by atoms with Crippen LogP contribution in [0.25, 0.3) is 0 Å². The van der Waals surface area contributed by atoms with E-state index >= 15 is 0 Å². The van der Waals surface area contributed by atoms with Crippen molar-refractivity contribution in [2.75, 3.05) is 49.1 Å². The van der Waals surface area contributed by atoms with Crippen LogP contribution in [0.4, 0.5) is 0 Å². The van der Waals surface area contributed by atoms with Gasteiger partial charge >= 0.3 is 0 Å². The van der Waals surface area contributed by atoms with Crippen molar-refractivity contribution in [2.45, 2.75) is 4.90 Å². The number of likely N-dealkylation sites (N-methyl/N-ethyl adjacent to an activating group) is 1. The average molecular weight is 482 g/mol. The van der Waals surface area contributed by atoms with Crippen LogP contribution >= 0.6 is 0 Å². The Hall–Kier alpha value is -3.51. The summed E-state index contributed by atoms with van der Waals surface area (Å²) in [6, 6.07) is 7.65. The van der Waals surface area contributed by atoms with Crippen molar-refractivity contribution in [2.24, 2.45) is 5.10 Å². The highest BCUT2D eigenvalue weighted by atomic mass is 32.2. The normalized spacial score (nSPS) is 11.4. The number of sulfonamides is 1. The van der Waals surface area contributed by atoms with Crippen molar-refractivity contribution in [1.82, 2.24) is 9.73 Å². The second kappa shape index (κ2) is 11.4. The third-order valence-electron chi connectivity index (χ3n) is 4.52. The van der Waals surface area contributed by atoms with E-state index in [1.165, 1.54) is 60.9 Å². The summed E-state index contributed by atoms with van der Waals surface area (Å²) >= 11 is 0. The number of hydrogen-bond acceptors (Lipinski definition) is 9. The molecule has 180 valence electrons. The third-order valence-corrected chi connectivity index (χ3v) is 6.34. The molecule has 33 heavy (non-hydrogen) atoms. The van der Waals surface area contributed by atoms with Gasteiger partial charge in [0.1, 0.15) is 16.4 Å². The summed E-state index contributed by atoms with van der Waals surface area (Å²) in [7, 11) is 4.45. The molecule has 0 spiro atoms. The third kappa shape index (κ3) is 6.05. The second-order valence-corrected chi connectivity index (χ2v) is 8.54. The van der Waals surface area contributed by atoms with Crippen LogP contribution in [0.3, 0.4) is 0 Å². The van der Waals surface area contributed by atoms with Gasteiger partial charge in [0.05, 0.1) is 48.3 Å². The van der Waals surface area contributed by atoms with Crippen molar-refractivity contribution in [3.8, 4) is 28.7 Å². The maximum atomic E-state index is 12.9. The van der Waals surface area contributed by atoms with Crippen LogP contribution in [0.1, 0.15) is 5.56 Å². The van der Waals surface area contributed by atoms with Gasteiger partial charge in [0.15, 0.2) is 11.5 Å². The molecule has 0 atom stereocenters. The summed E-state index contributed by atoms with van der Waals surface area (Å²) in [6.45, 7) is -0.477. The van der Waals surface area contributed by atoms with Gasteiger partial charge in [0.2, 0.25) is 15.8 Å². The number of carbonyl (C=O) groups excluding carboxylic acids is 1. The van der Waals surface area contributed by atoms with Crippen molar-refractivity contribution >= 4 is 22.1 Å². The zero-order valence-electron chi connectivity index (χ0n) is 19.2. The van der Waals surface area contributed by atoms with Gasteiger partial charge in [-0.2, -0.15) is 9.41 Å². The lowest BCUT2D eigenvalue weighted by Crippen LogP contribution is -2.36. The van der Waals surface area contributed by atoms with E-state index in [1.54, 1.807) is 18.2 Å². The SMILES string of the molecule is COc1ccc(OC)c(S(=O)(=O)N(C)CC(=O)NN=Cc2cc(OC)c(OC)c(OC)c2)c1. The second-order valence-electron chi connectivity index (χ2n) is 6.53. The Morgan fingerprint density at radius 2 is 1.55 bits per heavy atom. The molecule has 12 heteroatoms. The Kier molecular flexibility index (Phi) is 8.88. The van der Waals surface area contributed by atoms with E-state index in [9.17, 15) is 13.2 Å². The summed E-state index contributed by atoms with van der Waals surface area (Å²) in [4.78, 5) is 12.2. The van der Waals surface area contributed by atoms with Gasteiger partial charge in [0, 0.05) is 18.7 Å². The highest BCUT2D eigenvalue weighted by Crippen LogP contribution is 2.37. The summed E-state index contributed by atoms with van der Waals surface area (Å²) in [6.07, 6.45) is 1.36. The van der Waals surface area contributed by atoms with E-state index in [0.29, 0.717) is 28.6 Å². The van der Waals surface area contributed by atoms with Gasteiger partial charge < -0.3 is 23.7 Å². The molecule has 0 unspecified atom stereocenters. The standard InChI is InChI=1S/C21H27N3O8S/c1-24(33(26,27)19-11-15(28-2)7-8-16(19)29-3)13-20(25)23-22-12-14-9-17(30-4)21(32-6)18(10-14)31-5/h7-12H,13H2,1-6H3,(H,23,25). The van der Waals surface area contributed by atoms with Gasteiger partial charge in [0.25, 0.3) is 5.91 Å². The summed E-state index contributed by atoms with van der Waals surface area (Å²) < 4.78 is 52.8. The molecule has 0 saturated heterocycles. The van der Waals surface area contributed by atoms with E-state index in [4.69, 9.17) is 23.7 Å². The first-order valence-electron chi connectivity index (χ1n) is 9.52. The highest BCUT2D eigenvalue weighted by molar-refractivity contribution is 7.89. The lowest BCUT2D eigenvalue weighted by molar-refractivity contribution is -0.121. The number of methoxy groups -OCH3 is 5. The Morgan fingerprint density at radius 1 is 0.939 bits per heavy atom. The number of nitrogens with zero attached hydrogens (tertiary/aromatic N) is 2. The lowest BCUT2D eigenvalue weighted by Gasteiger charge is -2.18. The minimum Gasteiger partial charge on any atom is -0.497 e. The fourth-order valence-corrected chi connectivity index (χ4v) is 4.12. The van der Waals surface area contributed by atoms with E-state index < -0.39 is 22.5 Å². The number of ether oxygens (including phenoxy) is 5.